The number of hydrogen-bond acceptors (Lipinski definition) is 4. The maximum Gasteiger partial charge on any atom is 0.262 e. The van der Waals surface area contributed by atoms with Gasteiger partial charge in [-0.3, -0.25) is 4.79 Å². The van der Waals surface area contributed by atoms with Crippen LogP contribution < -0.4 is 14.8 Å². The molecule has 2 unspecified atom stereocenters. The minimum Gasteiger partial charge on any atom is -0.483 e. The molecule has 8 heteroatoms. The molecule has 1 amide bonds. The Labute approximate surface area is 187 Å². The van der Waals surface area contributed by atoms with Crippen LogP contribution in [-0.2, 0) is 14.8 Å². The van der Waals surface area contributed by atoms with E-state index >= 15 is 0 Å². The molecule has 0 aliphatic rings. The fourth-order valence-corrected chi connectivity index (χ4v) is 4.49. The summed E-state index contributed by atoms with van der Waals surface area (Å²) in [5, 5.41) is 2.71. The van der Waals surface area contributed by atoms with Gasteiger partial charge in [0.2, 0.25) is 10.0 Å². The van der Waals surface area contributed by atoms with Crippen LogP contribution in [0.2, 0.25) is 0 Å². The number of rotatable bonds is 10. The second-order valence-corrected chi connectivity index (χ2v) is 9.86. The molecule has 0 fully saturated rings. The zero-order valence-corrected chi connectivity index (χ0v) is 20.1. The lowest BCUT2D eigenvalue weighted by atomic mass is 9.99. The van der Waals surface area contributed by atoms with Crippen molar-refractivity contribution in [2.24, 2.45) is 0 Å². The number of amides is 1. The molecule has 2 rings (SSSR count). The number of ether oxygens (including phenoxy) is 1. The van der Waals surface area contributed by atoms with Crippen LogP contribution in [0.1, 0.15) is 52.0 Å². The van der Waals surface area contributed by atoms with Crippen LogP contribution in [0.3, 0.4) is 0 Å². The SMILES string of the molecule is CCC(C)NS(=O)(=O)c1ccc(NC(=O)COc2ccc(C(C)CC)cc2Br)cc1. The molecule has 2 atom stereocenters. The van der Waals surface area contributed by atoms with Crippen molar-refractivity contribution in [2.75, 3.05) is 11.9 Å². The molecular weight excluding hydrogens is 468 g/mol. The van der Waals surface area contributed by atoms with Crippen LogP contribution in [0.5, 0.6) is 5.75 Å². The van der Waals surface area contributed by atoms with E-state index < -0.39 is 10.0 Å². The summed E-state index contributed by atoms with van der Waals surface area (Å²) in [5.74, 6) is 0.710. The van der Waals surface area contributed by atoms with Crippen LogP contribution in [0.25, 0.3) is 0 Å². The molecule has 6 nitrogen and oxygen atoms in total. The lowest BCUT2D eigenvalue weighted by Crippen LogP contribution is -2.32. The summed E-state index contributed by atoms with van der Waals surface area (Å²) in [6.45, 7) is 7.86. The number of sulfonamides is 1. The molecule has 0 spiro atoms. The van der Waals surface area contributed by atoms with E-state index in [1.54, 1.807) is 12.1 Å². The van der Waals surface area contributed by atoms with Crippen molar-refractivity contribution in [2.45, 2.75) is 57.4 Å². The molecule has 0 aromatic heterocycles. The summed E-state index contributed by atoms with van der Waals surface area (Å²) in [7, 11) is -3.57. The van der Waals surface area contributed by atoms with Gasteiger partial charge in [-0.25, -0.2) is 13.1 Å². The van der Waals surface area contributed by atoms with E-state index in [9.17, 15) is 13.2 Å². The van der Waals surface area contributed by atoms with Gasteiger partial charge in [0.05, 0.1) is 9.37 Å². The topological polar surface area (TPSA) is 84.5 Å². The van der Waals surface area contributed by atoms with Crippen molar-refractivity contribution < 1.29 is 17.9 Å². The van der Waals surface area contributed by atoms with Crippen LogP contribution >= 0.6 is 15.9 Å². The van der Waals surface area contributed by atoms with E-state index in [1.807, 2.05) is 32.0 Å². The largest absolute Gasteiger partial charge is 0.483 e. The van der Waals surface area contributed by atoms with Gasteiger partial charge in [0.1, 0.15) is 5.75 Å². The smallest absolute Gasteiger partial charge is 0.262 e. The van der Waals surface area contributed by atoms with E-state index in [0.29, 0.717) is 23.8 Å². The van der Waals surface area contributed by atoms with E-state index in [4.69, 9.17) is 4.74 Å². The summed E-state index contributed by atoms with van der Waals surface area (Å²) in [6, 6.07) is 11.7. The van der Waals surface area contributed by atoms with Crippen LogP contribution in [0.4, 0.5) is 5.69 Å². The molecule has 0 aliphatic carbocycles. The first-order chi connectivity index (χ1) is 14.2. The number of anilines is 1. The summed E-state index contributed by atoms with van der Waals surface area (Å²) in [4.78, 5) is 12.4. The van der Waals surface area contributed by atoms with Gasteiger partial charge in [0, 0.05) is 11.7 Å². The van der Waals surface area contributed by atoms with Crippen molar-refractivity contribution in [3.8, 4) is 5.75 Å². The first kappa shape index (κ1) is 24.4. The van der Waals surface area contributed by atoms with Crippen molar-refractivity contribution in [1.82, 2.24) is 4.72 Å². The molecule has 0 radical (unpaired) electrons. The van der Waals surface area contributed by atoms with Gasteiger partial charge in [0.25, 0.3) is 5.91 Å². The van der Waals surface area contributed by atoms with Crippen LogP contribution in [0, 0.1) is 0 Å². The minimum atomic E-state index is -3.57. The van der Waals surface area contributed by atoms with Crippen molar-refractivity contribution in [1.29, 1.82) is 0 Å². The lowest BCUT2D eigenvalue weighted by Gasteiger charge is -2.13. The summed E-state index contributed by atoms with van der Waals surface area (Å²) in [5.41, 5.74) is 1.70. The van der Waals surface area contributed by atoms with Gasteiger partial charge in [-0.05, 0) is 83.6 Å². The number of carbonyl (C=O) groups is 1. The number of hydrogen-bond donors (Lipinski definition) is 2. The molecule has 30 heavy (non-hydrogen) atoms. The molecule has 0 saturated carbocycles. The van der Waals surface area contributed by atoms with Crippen LogP contribution in [-0.4, -0.2) is 27.0 Å². The monoisotopic (exact) mass is 496 g/mol. The quantitative estimate of drug-likeness (QED) is 0.481. The van der Waals surface area contributed by atoms with Gasteiger partial charge >= 0.3 is 0 Å². The van der Waals surface area contributed by atoms with Crippen molar-refractivity contribution in [3.05, 3.63) is 52.5 Å². The van der Waals surface area contributed by atoms with Gasteiger partial charge in [-0.1, -0.05) is 26.8 Å². The van der Waals surface area contributed by atoms with Gasteiger partial charge < -0.3 is 10.1 Å². The maximum atomic E-state index is 12.3. The van der Waals surface area contributed by atoms with Crippen molar-refractivity contribution in [3.63, 3.8) is 0 Å². The van der Waals surface area contributed by atoms with Gasteiger partial charge in [-0.15, -0.1) is 0 Å². The Kier molecular flexibility index (Phi) is 8.88. The summed E-state index contributed by atoms with van der Waals surface area (Å²) < 4.78 is 33.6. The van der Waals surface area contributed by atoms with Crippen molar-refractivity contribution >= 4 is 37.5 Å². The molecular formula is C22H29BrN2O4S. The highest BCUT2D eigenvalue weighted by atomic mass is 79.9. The first-order valence-electron chi connectivity index (χ1n) is 10.0. The average molecular weight is 497 g/mol. The zero-order chi connectivity index (χ0) is 22.3. The number of nitrogens with one attached hydrogen (secondary N) is 2. The highest BCUT2D eigenvalue weighted by Gasteiger charge is 2.16. The Bertz CT molecular complexity index is 962. The third-order valence-electron chi connectivity index (χ3n) is 4.91. The van der Waals surface area contributed by atoms with E-state index in [1.165, 1.54) is 17.7 Å². The minimum absolute atomic E-state index is 0.148. The second-order valence-electron chi connectivity index (χ2n) is 7.29. The Morgan fingerprint density at radius 2 is 1.73 bits per heavy atom. The average Bonchev–Trinajstić information content (AvgIpc) is 2.72. The third-order valence-corrected chi connectivity index (χ3v) is 7.14. The van der Waals surface area contributed by atoms with Gasteiger partial charge in [-0.2, -0.15) is 0 Å². The third kappa shape index (κ3) is 6.82. The Balaban J connectivity index is 1.94. The Morgan fingerprint density at radius 3 is 2.30 bits per heavy atom. The van der Waals surface area contributed by atoms with E-state index in [2.05, 4.69) is 39.8 Å². The molecule has 2 N–H and O–H groups in total. The predicted molar refractivity (Wildman–Crippen MR) is 123 cm³/mol. The van der Waals surface area contributed by atoms with E-state index in [0.717, 1.165) is 10.9 Å². The normalized spacial score (nSPS) is 13.5. The first-order valence-corrected chi connectivity index (χ1v) is 12.3. The summed E-state index contributed by atoms with van der Waals surface area (Å²) in [6.07, 6.45) is 1.74. The molecule has 2 aromatic carbocycles. The number of benzene rings is 2. The second kappa shape index (κ2) is 10.9. The molecule has 0 saturated heterocycles. The number of halogens is 1. The highest BCUT2D eigenvalue weighted by molar-refractivity contribution is 9.10. The lowest BCUT2D eigenvalue weighted by molar-refractivity contribution is -0.118. The Hall–Kier alpha value is -1.90. The number of carbonyl (C=O) groups excluding carboxylic acids is 1. The van der Waals surface area contributed by atoms with Crippen LogP contribution in [0.15, 0.2) is 51.8 Å². The fourth-order valence-electron chi connectivity index (χ4n) is 2.65. The maximum absolute atomic E-state index is 12.3. The molecule has 0 bridgehead atoms. The highest BCUT2D eigenvalue weighted by Crippen LogP contribution is 2.30. The molecule has 0 heterocycles. The zero-order valence-electron chi connectivity index (χ0n) is 17.7. The predicted octanol–water partition coefficient (Wildman–Crippen LogP) is 5.06. The summed E-state index contributed by atoms with van der Waals surface area (Å²) >= 11 is 3.49. The van der Waals surface area contributed by atoms with E-state index in [-0.39, 0.29) is 23.5 Å². The molecule has 2 aromatic rings. The fraction of sp³-hybridized carbons (Fsp3) is 0.409. The molecule has 0 aliphatic heterocycles. The Morgan fingerprint density at radius 1 is 1.07 bits per heavy atom. The molecule has 164 valence electrons. The van der Waals surface area contributed by atoms with Gasteiger partial charge in [0.15, 0.2) is 6.61 Å². The standard InChI is InChI=1S/C22H29BrN2O4S/c1-5-15(3)17-7-12-21(20(23)13-17)29-14-22(26)24-18-8-10-19(11-9-18)30(27,28)25-16(4)6-2/h7-13,15-16,25H,5-6,14H2,1-4H3,(H,24,26).